The monoisotopic (exact) mass is 965 g/mol. The van der Waals surface area contributed by atoms with Gasteiger partial charge in [-0.1, -0.05) is 44.2 Å². The van der Waals surface area contributed by atoms with E-state index >= 15 is 0 Å². The molecule has 1 aromatic rings. The van der Waals surface area contributed by atoms with Crippen LogP contribution in [0.3, 0.4) is 0 Å². The molecule has 0 aliphatic carbocycles. The first-order chi connectivity index (χ1) is 31.1. The van der Waals surface area contributed by atoms with E-state index in [0.717, 1.165) is 23.6 Å². The highest BCUT2D eigenvalue weighted by atomic mass is 32.2. The maximum atomic E-state index is 14.1. The lowest BCUT2D eigenvalue weighted by Gasteiger charge is -2.34. The van der Waals surface area contributed by atoms with Crippen LogP contribution in [-0.4, -0.2) is 155 Å². The number of carboxylic acid groups (broad SMARTS) is 4. The van der Waals surface area contributed by atoms with Gasteiger partial charge in [-0.15, -0.1) is 11.8 Å². The molecule has 67 heavy (non-hydrogen) atoms. The standard InChI is InChI=1S/C41H59N9O16S/c1-19(2)31(49-34(59)22(42)11-13-28(52)53)37(62)47-25(16-27(43)51)39(64)50-18-67-41(4,5)32(50)38(63)46-24(17-30(56)57)36(61)44-20(3)33(58)45-23(12-14-29(54)55)35(60)48-26(40(65)66)15-21-9-7-6-8-10-21/h6-10,19-20,22-26,31-32H,11-18,42H2,1-5H3,(H2,43,51)(H,44,61)(H,45,58)(H,46,63)(H,47,62)(H,48,60)(H,49,59)(H,52,53)(H,54,55)(H,56,57)(H,65,66)/t20-,22-,23-,24-,25-,26-,31-,32?/m0/s1. The van der Waals surface area contributed by atoms with Crippen LogP contribution in [0.5, 0.6) is 0 Å². The maximum absolute atomic E-state index is 14.1. The van der Waals surface area contributed by atoms with Crippen LogP contribution in [0.2, 0.25) is 0 Å². The van der Waals surface area contributed by atoms with Crippen LogP contribution in [0.25, 0.3) is 0 Å². The van der Waals surface area contributed by atoms with Gasteiger partial charge in [0.1, 0.15) is 42.3 Å². The first-order valence-corrected chi connectivity index (χ1v) is 21.9. The highest BCUT2D eigenvalue weighted by Gasteiger charge is 2.50. The molecule has 0 saturated carbocycles. The molecule has 8 amide bonds. The quantitative estimate of drug-likeness (QED) is 0.0418. The minimum atomic E-state index is -1.91. The van der Waals surface area contributed by atoms with Crippen LogP contribution in [0.4, 0.5) is 0 Å². The summed E-state index contributed by atoms with van der Waals surface area (Å²) in [4.78, 5) is 154. The summed E-state index contributed by atoms with van der Waals surface area (Å²) >= 11 is 1.07. The zero-order valence-corrected chi connectivity index (χ0v) is 38.3. The smallest absolute Gasteiger partial charge is 0.326 e. The maximum Gasteiger partial charge on any atom is 0.326 e. The van der Waals surface area contributed by atoms with Crippen molar-refractivity contribution >= 4 is 82.9 Å². The fourth-order valence-electron chi connectivity index (χ4n) is 6.65. The van der Waals surface area contributed by atoms with Crippen LogP contribution in [-0.2, 0) is 64.0 Å². The van der Waals surface area contributed by atoms with Crippen molar-refractivity contribution in [1.82, 2.24) is 36.8 Å². The Kier molecular flexibility index (Phi) is 21.6. The largest absolute Gasteiger partial charge is 0.481 e. The van der Waals surface area contributed by atoms with Crippen molar-refractivity contribution < 1.29 is 78.0 Å². The summed E-state index contributed by atoms with van der Waals surface area (Å²) in [6.45, 7) is 7.30. The lowest BCUT2D eigenvalue weighted by Crippen LogP contribution is -2.62. The third kappa shape index (κ3) is 18.2. The molecule has 370 valence electrons. The highest BCUT2D eigenvalue weighted by molar-refractivity contribution is 8.00. The number of carbonyl (C=O) groups excluding carboxylic acids is 8. The van der Waals surface area contributed by atoms with Crippen molar-refractivity contribution in [2.24, 2.45) is 17.4 Å². The Bertz CT molecular complexity index is 2040. The number of primary amides is 1. The third-order valence-electron chi connectivity index (χ3n) is 10.3. The normalized spacial score (nSPS) is 17.2. The van der Waals surface area contributed by atoms with Gasteiger partial charge in [0.05, 0.1) is 24.8 Å². The number of rotatable bonds is 27. The van der Waals surface area contributed by atoms with Gasteiger partial charge in [-0.3, -0.25) is 52.7 Å². The van der Waals surface area contributed by atoms with Crippen molar-refractivity contribution in [2.75, 3.05) is 5.88 Å². The average Bonchev–Trinajstić information content (AvgIpc) is 3.55. The summed E-state index contributed by atoms with van der Waals surface area (Å²) in [6.07, 6.45) is -3.83. The van der Waals surface area contributed by atoms with Crippen molar-refractivity contribution in [3.63, 3.8) is 0 Å². The van der Waals surface area contributed by atoms with E-state index in [0.29, 0.717) is 5.56 Å². The molecule has 26 heteroatoms. The second-order valence-corrected chi connectivity index (χ2v) is 18.2. The molecule has 0 radical (unpaired) electrons. The molecule has 14 N–H and O–H groups in total. The van der Waals surface area contributed by atoms with Crippen LogP contribution < -0.4 is 43.4 Å². The molecule has 1 aliphatic heterocycles. The summed E-state index contributed by atoms with van der Waals surface area (Å²) < 4.78 is -1.16. The second-order valence-electron chi connectivity index (χ2n) is 16.6. The number of hydrogen-bond acceptors (Lipinski definition) is 14. The number of hydrogen-bond donors (Lipinski definition) is 12. The van der Waals surface area contributed by atoms with Crippen molar-refractivity contribution in [1.29, 1.82) is 0 Å². The zero-order valence-electron chi connectivity index (χ0n) is 37.4. The molecule has 8 atom stereocenters. The van der Waals surface area contributed by atoms with E-state index in [9.17, 15) is 72.9 Å². The fourth-order valence-corrected chi connectivity index (χ4v) is 7.79. The Balaban J connectivity index is 2.30. The summed E-state index contributed by atoms with van der Waals surface area (Å²) in [5.74, 6) is -14.7. The number of nitrogens with one attached hydrogen (secondary N) is 6. The van der Waals surface area contributed by atoms with E-state index in [2.05, 4.69) is 31.9 Å². The van der Waals surface area contributed by atoms with Crippen LogP contribution in [0.15, 0.2) is 30.3 Å². The minimum absolute atomic E-state index is 0.159. The molecule has 0 spiro atoms. The summed E-state index contributed by atoms with van der Waals surface area (Å²) in [5.41, 5.74) is 11.8. The molecular weight excluding hydrogens is 907 g/mol. The van der Waals surface area contributed by atoms with E-state index < -0.39 is 162 Å². The number of nitrogens with zero attached hydrogens (tertiary/aromatic N) is 1. The SMILES string of the molecule is CC(C)[C@H](NC(=O)[C@@H](N)CCC(=O)O)C(=O)N[C@@H](CC(N)=O)C(=O)N1CSC(C)(C)C1C(=O)N[C@@H](CC(=O)O)C(=O)N[C@@H](C)C(=O)N[C@@H](CCC(=O)O)C(=O)N[C@@H](Cc1ccccc1)C(=O)O. The van der Waals surface area contributed by atoms with E-state index in [-0.39, 0.29) is 18.7 Å². The van der Waals surface area contributed by atoms with Gasteiger partial charge in [-0.25, -0.2) is 4.79 Å². The molecule has 25 nitrogen and oxygen atoms in total. The van der Waals surface area contributed by atoms with E-state index in [4.69, 9.17) is 16.6 Å². The number of amides is 8. The summed E-state index contributed by atoms with van der Waals surface area (Å²) in [5, 5.41) is 51.5. The Morgan fingerprint density at radius 1 is 0.672 bits per heavy atom. The molecule has 1 saturated heterocycles. The summed E-state index contributed by atoms with van der Waals surface area (Å²) in [6, 6.07) is -4.23. The van der Waals surface area contributed by atoms with Gasteiger partial charge in [-0.2, -0.15) is 0 Å². The number of benzene rings is 1. The Labute approximate surface area is 388 Å². The van der Waals surface area contributed by atoms with Gasteiger partial charge in [0, 0.05) is 24.0 Å². The number of carboxylic acids is 4. The van der Waals surface area contributed by atoms with Gasteiger partial charge in [-0.05, 0) is 45.1 Å². The molecule has 0 aromatic heterocycles. The molecule has 1 aromatic carbocycles. The molecule has 1 aliphatic rings. The molecule has 1 unspecified atom stereocenters. The van der Waals surface area contributed by atoms with E-state index in [1.54, 1.807) is 58.0 Å². The van der Waals surface area contributed by atoms with Gasteiger partial charge >= 0.3 is 23.9 Å². The molecule has 0 bridgehead atoms. The number of thioether (sulfide) groups is 1. The fraction of sp³-hybridized carbons (Fsp3) is 0.561. The topological polar surface area (TPSA) is 413 Å². The second kappa shape index (κ2) is 25.8. The first kappa shape index (κ1) is 56.3. The number of aliphatic carboxylic acids is 4. The Morgan fingerprint density at radius 2 is 1.22 bits per heavy atom. The van der Waals surface area contributed by atoms with Gasteiger partial charge in [0.2, 0.25) is 47.3 Å². The van der Waals surface area contributed by atoms with Crippen molar-refractivity contribution in [3.8, 4) is 0 Å². The minimum Gasteiger partial charge on any atom is -0.481 e. The van der Waals surface area contributed by atoms with Gasteiger partial charge in [0.25, 0.3) is 0 Å². The van der Waals surface area contributed by atoms with Crippen LogP contribution in [0, 0.1) is 5.92 Å². The van der Waals surface area contributed by atoms with Gasteiger partial charge in [0.15, 0.2) is 0 Å². The molecule has 1 heterocycles. The predicted octanol–water partition coefficient (Wildman–Crippen LogP) is -3.01. The first-order valence-electron chi connectivity index (χ1n) is 20.9. The third-order valence-corrected chi connectivity index (χ3v) is 11.7. The van der Waals surface area contributed by atoms with Gasteiger partial charge < -0.3 is 68.7 Å². The summed E-state index contributed by atoms with van der Waals surface area (Å²) in [7, 11) is 0. The van der Waals surface area contributed by atoms with Crippen LogP contribution >= 0.6 is 11.8 Å². The van der Waals surface area contributed by atoms with Crippen LogP contribution in [0.1, 0.15) is 78.7 Å². The molecule has 1 fully saturated rings. The van der Waals surface area contributed by atoms with Crippen molar-refractivity contribution in [3.05, 3.63) is 35.9 Å². The van der Waals surface area contributed by atoms with E-state index in [1.165, 1.54) is 0 Å². The molecule has 2 rings (SSSR count). The highest BCUT2D eigenvalue weighted by Crippen LogP contribution is 2.40. The van der Waals surface area contributed by atoms with E-state index in [1.807, 2.05) is 0 Å². The molecular formula is C41H59N9O16S. The van der Waals surface area contributed by atoms with Crippen molar-refractivity contribution in [2.45, 2.75) is 133 Å². The number of carbonyl (C=O) groups is 12. The zero-order chi connectivity index (χ0) is 50.9. The Hall–Kier alpha value is -6.83. The Morgan fingerprint density at radius 3 is 1.76 bits per heavy atom. The average molecular weight is 966 g/mol. The lowest BCUT2D eigenvalue weighted by molar-refractivity contribution is -0.145. The number of nitrogens with two attached hydrogens (primary N) is 2. The lowest BCUT2D eigenvalue weighted by atomic mass is 9.98. The predicted molar refractivity (Wildman–Crippen MR) is 235 cm³/mol.